The van der Waals surface area contributed by atoms with E-state index in [1.807, 2.05) is 5.32 Å². The third-order valence-electron chi connectivity index (χ3n) is 2.03. The second-order valence-electron chi connectivity index (χ2n) is 3.24. The molecule has 0 unspecified atom stereocenters. The van der Waals surface area contributed by atoms with E-state index in [0.29, 0.717) is 0 Å². The van der Waals surface area contributed by atoms with Crippen LogP contribution in [-0.4, -0.2) is 40.5 Å². The van der Waals surface area contributed by atoms with E-state index >= 15 is 0 Å². The van der Waals surface area contributed by atoms with Crippen molar-refractivity contribution in [2.45, 2.75) is 6.04 Å². The number of rotatable bonds is 5. The molecule has 0 aliphatic rings. The molecular formula is C11H11NO5. The van der Waals surface area contributed by atoms with Crippen LogP contribution in [0, 0.1) is 0 Å². The van der Waals surface area contributed by atoms with Crippen molar-refractivity contribution < 1.29 is 24.6 Å². The van der Waals surface area contributed by atoms with Crippen LogP contribution in [0.5, 0.6) is 0 Å². The molecule has 1 aromatic carbocycles. The molecule has 90 valence electrons. The number of hydrogen-bond donors (Lipinski definition) is 3. The van der Waals surface area contributed by atoms with Gasteiger partial charge >= 0.3 is 5.97 Å². The van der Waals surface area contributed by atoms with Gasteiger partial charge in [-0.3, -0.25) is 9.59 Å². The molecule has 1 amide bonds. The van der Waals surface area contributed by atoms with Gasteiger partial charge in [0.15, 0.2) is 6.04 Å². The Morgan fingerprint density at radius 3 is 2.24 bits per heavy atom. The van der Waals surface area contributed by atoms with Gasteiger partial charge in [0.05, 0.1) is 6.61 Å². The molecular weight excluding hydrogens is 226 g/mol. The predicted octanol–water partition coefficient (Wildman–Crippen LogP) is -0.569. The lowest BCUT2D eigenvalue weighted by Crippen LogP contribution is -2.46. The maximum Gasteiger partial charge on any atom is 0.328 e. The standard InChI is InChI=1S/C11H11NO5/c13-6-8(11(16)17)12-10(15)9(14)7-4-2-1-3-5-7/h1-5,8,13H,6H2,(H,12,15)(H,16,17)/t8-/m0/s1. The highest BCUT2D eigenvalue weighted by atomic mass is 16.4. The molecule has 3 N–H and O–H groups in total. The van der Waals surface area contributed by atoms with Crippen LogP contribution in [0.1, 0.15) is 10.4 Å². The van der Waals surface area contributed by atoms with Crippen molar-refractivity contribution in [2.75, 3.05) is 6.61 Å². The van der Waals surface area contributed by atoms with Crippen LogP contribution in [-0.2, 0) is 9.59 Å². The number of hydrogen-bond acceptors (Lipinski definition) is 4. The molecule has 6 nitrogen and oxygen atoms in total. The van der Waals surface area contributed by atoms with Gasteiger partial charge in [0.25, 0.3) is 5.91 Å². The van der Waals surface area contributed by atoms with E-state index in [2.05, 4.69) is 0 Å². The average Bonchev–Trinajstić information content (AvgIpc) is 2.35. The number of benzene rings is 1. The molecule has 0 saturated carbocycles. The first-order valence-electron chi connectivity index (χ1n) is 4.80. The number of carboxylic acid groups (broad SMARTS) is 1. The lowest BCUT2D eigenvalue weighted by molar-refractivity contribution is -0.142. The van der Waals surface area contributed by atoms with Gasteiger partial charge in [-0.15, -0.1) is 0 Å². The molecule has 0 saturated heterocycles. The van der Waals surface area contributed by atoms with Crippen LogP contribution in [0.2, 0.25) is 0 Å². The number of Topliss-reactive ketones (excluding diaryl/α,β-unsaturated/α-hetero) is 1. The number of amides is 1. The lowest BCUT2D eigenvalue weighted by Gasteiger charge is -2.10. The fraction of sp³-hybridized carbons (Fsp3) is 0.182. The molecule has 0 aliphatic carbocycles. The number of ketones is 1. The van der Waals surface area contributed by atoms with E-state index in [9.17, 15) is 14.4 Å². The van der Waals surface area contributed by atoms with Crippen molar-refractivity contribution in [2.24, 2.45) is 0 Å². The number of aliphatic hydroxyl groups is 1. The molecule has 0 bridgehead atoms. The van der Waals surface area contributed by atoms with Gasteiger partial charge in [0, 0.05) is 5.56 Å². The third-order valence-corrected chi connectivity index (χ3v) is 2.03. The summed E-state index contributed by atoms with van der Waals surface area (Å²) in [5.41, 5.74) is 0.159. The molecule has 1 rings (SSSR count). The summed E-state index contributed by atoms with van der Waals surface area (Å²) in [6, 6.07) is 6.26. The first kappa shape index (κ1) is 12.9. The zero-order valence-corrected chi connectivity index (χ0v) is 8.79. The molecule has 0 fully saturated rings. The number of aliphatic hydroxyl groups excluding tert-OH is 1. The summed E-state index contributed by atoms with van der Waals surface area (Å²) >= 11 is 0. The summed E-state index contributed by atoms with van der Waals surface area (Å²) < 4.78 is 0. The van der Waals surface area contributed by atoms with E-state index < -0.39 is 30.3 Å². The fourth-order valence-corrected chi connectivity index (χ4v) is 1.13. The summed E-state index contributed by atoms with van der Waals surface area (Å²) in [6.45, 7) is -0.775. The number of nitrogens with one attached hydrogen (secondary N) is 1. The van der Waals surface area contributed by atoms with Crippen molar-refractivity contribution in [1.82, 2.24) is 5.32 Å². The number of carboxylic acids is 1. The SMILES string of the molecule is O=C(N[C@@H](CO)C(=O)O)C(=O)c1ccccc1. The minimum absolute atomic E-state index is 0.159. The maximum atomic E-state index is 11.5. The van der Waals surface area contributed by atoms with E-state index in [0.717, 1.165) is 0 Å². The molecule has 6 heteroatoms. The number of carbonyl (C=O) groups is 3. The Bertz CT molecular complexity index is 429. The van der Waals surface area contributed by atoms with E-state index in [1.54, 1.807) is 18.2 Å². The number of aliphatic carboxylic acids is 1. The highest BCUT2D eigenvalue weighted by Crippen LogP contribution is 2.00. The molecule has 0 heterocycles. The molecule has 1 atom stereocenters. The maximum absolute atomic E-state index is 11.5. The summed E-state index contributed by atoms with van der Waals surface area (Å²) in [5, 5.41) is 19.2. The monoisotopic (exact) mass is 237 g/mol. The van der Waals surface area contributed by atoms with Crippen LogP contribution in [0.3, 0.4) is 0 Å². The van der Waals surface area contributed by atoms with Gasteiger partial charge < -0.3 is 15.5 Å². The van der Waals surface area contributed by atoms with E-state index in [4.69, 9.17) is 10.2 Å². The van der Waals surface area contributed by atoms with Gasteiger partial charge in [-0.05, 0) is 0 Å². The molecule has 0 spiro atoms. The second kappa shape index (κ2) is 5.76. The van der Waals surface area contributed by atoms with Crippen molar-refractivity contribution in [3.05, 3.63) is 35.9 Å². The summed E-state index contributed by atoms with van der Waals surface area (Å²) in [4.78, 5) is 33.5. The predicted molar refractivity (Wildman–Crippen MR) is 57.4 cm³/mol. The highest BCUT2D eigenvalue weighted by Gasteiger charge is 2.23. The molecule has 0 radical (unpaired) electrons. The Balaban J connectivity index is 2.71. The Kier molecular flexibility index (Phi) is 4.36. The minimum atomic E-state index is -1.48. The Morgan fingerprint density at radius 2 is 1.76 bits per heavy atom. The van der Waals surface area contributed by atoms with Crippen molar-refractivity contribution in [3.63, 3.8) is 0 Å². The van der Waals surface area contributed by atoms with Crippen LogP contribution < -0.4 is 5.32 Å². The third kappa shape index (κ3) is 3.39. The quantitative estimate of drug-likeness (QED) is 0.470. The topological polar surface area (TPSA) is 104 Å². The minimum Gasteiger partial charge on any atom is -0.480 e. The summed E-state index contributed by atoms with van der Waals surface area (Å²) in [6.07, 6.45) is 0. The molecule has 17 heavy (non-hydrogen) atoms. The van der Waals surface area contributed by atoms with Crippen molar-refractivity contribution >= 4 is 17.7 Å². The Hall–Kier alpha value is -2.21. The Labute approximate surface area is 96.9 Å². The molecule has 0 aromatic heterocycles. The van der Waals surface area contributed by atoms with Crippen molar-refractivity contribution in [3.8, 4) is 0 Å². The zero-order valence-electron chi connectivity index (χ0n) is 8.79. The highest BCUT2D eigenvalue weighted by molar-refractivity contribution is 6.43. The summed E-state index contributed by atoms with van der Waals surface area (Å²) in [5.74, 6) is -3.30. The first-order valence-corrected chi connectivity index (χ1v) is 4.80. The van der Waals surface area contributed by atoms with Gasteiger partial charge in [-0.25, -0.2) is 4.79 Å². The van der Waals surface area contributed by atoms with Gasteiger partial charge in [-0.1, -0.05) is 30.3 Å². The Morgan fingerprint density at radius 1 is 1.18 bits per heavy atom. The van der Waals surface area contributed by atoms with Gasteiger partial charge in [-0.2, -0.15) is 0 Å². The van der Waals surface area contributed by atoms with E-state index in [1.165, 1.54) is 12.1 Å². The van der Waals surface area contributed by atoms with Crippen LogP contribution in [0.15, 0.2) is 30.3 Å². The van der Waals surface area contributed by atoms with Crippen molar-refractivity contribution in [1.29, 1.82) is 0 Å². The van der Waals surface area contributed by atoms with Crippen LogP contribution in [0.4, 0.5) is 0 Å². The summed E-state index contributed by atoms with van der Waals surface area (Å²) in [7, 11) is 0. The van der Waals surface area contributed by atoms with Crippen LogP contribution >= 0.6 is 0 Å². The van der Waals surface area contributed by atoms with Gasteiger partial charge in [0.1, 0.15) is 0 Å². The molecule has 1 aromatic rings. The van der Waals surface area contributed by atoms with Crippen LogP contribution in [0.25, 0.3) is 0 Å². The first-order chi connectivity index (χ1) is 8.06. The largest absolute Gasteiger partial charge is 0.480 e. The normalized spacial score (nSPS) is 11.6. The molecule has 0 aliphatic heterocycles. The average molecular weight is 237 g/mol. The number of carbonyl (C=O) groups excluding carboxylic acids is 2. The lowest BCUT2D eigenvalue weighted by atomic mass is 10.1. The van der Waals surface area contributed by atoms with Gasteiger partial charge in [0.2, 0.25) is 5.78 Å². The van der Waals surface area contributed by atoms with E-state index in [-0.39, 0.29) is 5.56 Å². The fourth-order valence-electron chi connectivity index (χ4n) is 1.13. The smallest absolute Gasteiger partial charge is 0.328 e. The second-order valence-corrected chi connectivity index (χ2v) is 3.24. The zero-order chi connectivity index (χ0) is 12.8.